The van der Waals surface area contributed by atoms with E-state index >= 15 is 0 Å². The van der Waals surface area contributed by atoms with Gasteiger partial charge in [0, 0.05) is 55.8 Å². The Labute approximate surface area is 379 Å². The summed E-state index contributed by atoms with van der Waals surface area (Å²) in [6.07, 6.45) is 0.333. The van der Waals surface area contributed by atoms with Gasteiger partial charge in [-0.05, 0) is 113 Å². The van der Waals surface area contributed by atoms with Gasteiger partial charge in [0.15, 0.2) is 0 Å². The number of anilines is 2. The average molecular weight is 884 g/mol. The van der Waals surface area contributed by atoms with Gasteiger partial charge in [-0.25, -0.2) is 19.0 Å². The molecule has 1 aromatic heterocycles. The average Bonchev–Trinajstić information content (AvgIpc) is 3.82. The molecule has 4 aromatic carbocycles. The highest BCUT2D eigenvalue weighted by atomic mass is 16.6. The molecular weight excluding hydrogens is 827 g/mol. The number of fused-ring (bicyclic) bond motifs is 4. The number of nitrogens with zero attached hydrogens (tertiary/aromatic N) is 3. The maximum absolute atomic E-state index is 14.5. The molecule has 3 amide bonds. The van der Waals surface area contributed by atoms with Crippen molar-refractivity contribution in [1.29, 1.82) is 0 Å². The Balaban J connectivity index is 1.05. The molecule has 2 aliphatic heterocycles. The Morgan fingerprint density at radius 3 is 2.06 bits per heavy atom. The number of piperazine rings is 1. The van der Waals surface area contributed by atoms with Crippen molar-refractivity contribution in [2.75, 3.05) is 49.7 Å². The molecule has 2 N–H and O–H groups in total. The van der Waals surface area contributed by atoms with Crippen LogP contribution in [0.3, 0.4) is 0 Å². The summed E-state index contributed by atoms with van der Waals surface area (Å²) in [7, 11) is 0. The minimum atomic E-state index is -1.14. The zero-order valence-electron chi connectivity index (χ0n) is 37.8. The van der Waals surface area contributed by atoms with Crippen molar-refractivity contribution in [1.82, 2.24) is 14.8 Å². The maximum atomic E-state index is 14.5. The predicted octanol–water partition coefficient (Wildman–Crippen LogP) is 8.30. The predicted molar refractivity (Wildman–Crippen MR) is 247 cm³/mol. The Hall–Kier alpha value is -6.51. The fourth-order valence-corrected chi connectivity index (χ4v) is 8.91. The third-order valence-electron chi connectivity index (χ3n) is 11.9. The highest BCUT2D eigenvalue weighted by molar-refractivity contribution is 6.09. The zero-order chi connectivity index (χ0) is 46.0. The molecule has 14 nitrogen and oxygen atoms in total. The maximum Gasteiger partial charge on any atom is 0.419 e. The number of amides is 3. The molecule has 1 atom stereocenters. The molecule has 2 saturated heterocycles. The van der Waals surface area contributed by atoms with Crippen LogP contribution < -0.4 is 15.5 Å². The van der Waals surface area contributed by atoms with E-state index in [0.29, 0.717) is 43.2 Å². The second-order valence-corrected chi connectivity index (χ2v) is 18.8. The van der Waals surface area contributed by atoms with Crippen molar-refractivity contribution >= 4 is 52.2 Å². The van der Waals surface area contributed by atoms with E-state index in [9.17, 15) is 24.0 Å². The summed E-state index contributed by atoms with van der Waals surface area (Å²) in [6, 6.07) is 29.1. The first-order valence-corrected chi connectivity index (χ1v) is 22.3. The number of esters is 1. The minimum Gasteiger partial charge on any atom is -0.455 e. The van der Waals surface area contributed by atoms with Gasteiger partial charge in [-0.1, -0.05) is 66.7 Å². The number of alkyl carbamates (subject to hydrolysis) is 1. The van der Waals surface area contributed by atoms with Crippen LogP contribution in [0.5, 0.6) is 0 Å². The summed E-state index contributed by atoms with van der Waals surface area (Å²) in [5.74, 6) is -1.49. The molecule has 1 aliphatic carbocycles. The first-order valence-electron chi connectivity index (χ1n) is 22.3. The van der Waals surface area contributed by atoms with Crippen LogP contribution in [0.25, 0.3) is 22.0 Å². The van der Waals surface area contributed by atoms with Gasteiger partial charge < -0.3 is 34.5 Å². The molecule has 5 aromatic rings. The van der Waals surface area contributed by atoms with Gasteiger partial charge in [0.05, 0.1) is 17.7 Å². The van der Waals surface area contributed by atoms with Crippen LogP contribution >= 0.6 is 0 Å². The van der Waals surface area contributed by atoms with Crippen molar-refractivity contribution in [3.63, 3.8) is 0 Å². The number of rotatable bonds is 10. The standard InChI is InChI=1S/C51H57N5O9/c1-50(2,3)64-47(59)44-29-39-41(16-11-17-43(39)56(44)49(61)65-51(4,5)6)52-46(58)42(53-48(60)63-31-40-37-14-9-7-12-35(37)36-13-8-10-15-38(36)40)28-32-18-20-34(21-19-32)55-25-24-54(30-45(55)57)33-22-26-62-27-23-33/h7-21,29,33,40,42H,22-28,30-31H2,1-6H3,(H,52,58)(H,53,60)/t42-/m0/s1. The molecule has 3 heterocycles. The first-order chi connectivity index (χ1) is 31.0. The van der Waals surface area contributed by atoms with Gasteiger partial charge >= 0.3 is 18.2 Å². The second kappa shape index (κ2) is 18.5. The Morgan fingerprint density at radius 2 is 1.43 bits per heavy atom. The molecule has 0 saturated carbocycles. The van der Waals surface area contributed by atoms with Crippen LogP contribution in [0, 0.1) is 0 Å². The van der Waals surface area contributed by atoms with Crippen LogP contribution in [-0.2, 0) is 35.0 Å². The van der Waals surface area contributed by atoms with Crippen molar-refractivity contribution < 1.29 is 42.9 Å². The van der Waals surface area contributed by atoms with Crippen LogP contribution in [0.15, 0.2) is 97.1 Å². The van der Waals surface area contributed by atoms with Gasteiger partial charge in [0.25, 0.3) is 0 Å². The number of hydrogen-bond donors (Lipinski definition) is 2. The first kappa shape index (κ1) is 45.1. The lowest BCUT2D eigenvalue weighted by atomic mass is 9.98. The van der Waals surface area contributed by atoms with Crippen molar-refractivity contribution in [3.05, 3.63) is 119 Å². The topological polar surface area (TPSA) is 158 Å². The number of aromatic nitrogens is 1. The third-order valence-corrected chi connectivity index (χ3v) is 11.9. The molecule has 340 valence electrons. The van der Waals surface area contributed by atoms with Crippen LogP contribution in [-0.4, -0.2) is 102 Å². The van der Waals surface area contributed by atoms with Gasteiger partial charge in [0.1, 0.15) is 29.5 Å². The summed E-state index contributed by atoms with van der Waals surface area (Å²) < 4.78 is 24.0. The van der Waals surface area contributed by atoms with Crippen LogP contribution in [0.1, 0.15) is 87.5 Å². The number of carbonyl (C=O) groups is 5. The molecule has 0 spiro atoms. The third kappa shape index (κ3) is 10.2. The summed E-state index contributed by atoms with van der Waals surface area (Å²) >= 11 is 0. The second-order valence-electron chi connectivity index (χ2n) is 18.8. The van der Waals surface area contributed by atoms with Gasteiger partial charge in [-0.3, -0.25) is 14.5 Å². The number of ether oxygens (including phenoxy) is 4. The number of benzene rings is 4. The van der Waals surface area contributed by atoms with E-state index in [1.807, 2.05) is 60.7 Å². The zero-order valence-corrected chi connectivity index (χ0v) is 37.8. The SMILES string of the molecule is CC(C)(C)OC(=O)c1cc2c(NC(=O)[C@H](Cc3ccc(N4CCN(C5CCOCC5)CC4=O)cc3)NC(=O)OCC3c4ccccc4-c4ccccc43)cccc2n1C(=O)OC(C)(C)C. The fraction of sp³-hybridized carbons (Fsp3) is 0.392. The van der Waals surface area contributed by atoms with Crippen molar-refractivity contribution in [2.24, 2.45) is 0 Å². The van der Waals surface area contributed by atoms with Crippen LogP contribution in [0.4, 0.5) is 21.0 Å². The lowest BCUT2D eigenvalue weighted by Crippen LogP contribution is -2.54. The van der Waals surface area contributed by atoms with E-state index in [1.165, 1.54) is 6.07 Å². The summed E-state index contributed by atoms with van der Waals surface area (Å²) in [6.45, 7) is 13.5. The fourth-order valence-electron chi connectivity index (χ4n) is 8.91. The molecule has 2 fully saturated rings. The number of carbonyl (C=O) groups excluding carboxylic acids is 5. The molecule has 8 rings (SSSR count). The Morgan fingerprint density at radius 1 is 0.785 bits per heavy atom. The molecular formula is C51H57N5O9. The highest BCUT2D eigenvalue weighted by Gasteiger charge is 2.34. The minimum absolute atomic E-state index is 0.0224. The van der Waals surface area contributed by atoms with E-state index in [2.05, 4.69) is 27.7 Å². The number of nitrogens with one attached hydrogen (secondary N) is 2. The summed E-state index contributed by atoms with van der Waals surface area (Å²) in [5.41, 5.74) is 4.52. The van der Waals surface area contributed by atoms with Gasteiger partial charge in [0.2, 0.25) is 11.8 Å². The van der Waals surface area contributed by atoms with E-state index in [4.69, 9.17) is 18.9 Å². The molecule has 0 radical (unpaired) electrons. The van der Waals surface area contributed by atoms with Gasteiger partial charge in [-0.15, -0.1) is 0 Å². The van der Waals surface area contributed by atoms with E-state index in [-0.39, 0.29) is 36.2 Å². The van der Waals surface area contributed by atoms with Crippen LogP contribution in [0.2, 0.25) is 0 Å². The number of hydrogen-bond acceptors (Lipinski definition) is 10. The van der Waals surface area contributed by atoms with E-state index in [1.54, 1.807) is 64.6 Å². The summed E-state index contributed by atoms with van der Waals surface area (Å²) in [5, 5.41) is 6.16. The highest BCUT2D eigenvalue weighted by Crippen LogP contribution is 2.44. The molecule has 0 unspecified atom stereocenters. The molecule has 0 bridgehead atoms. The summed E-state index contributed by atoms with van der Waals surface area (Å²) in [4.78, 5) is 72.9. The van der Waals surface area contributed by atoms with Gasteiger partial charge in [-0.2, -0.15) is 0 Å². The lowest BCUT2D eigenvalue weighted by Gasteiger charge is -2.40. The molecule has 65 heavy (non-hydrogen) atoms. The van der Waals surface area contributed by atoms with E-state index in [0.717, 1.165) is 57.5 Å². The monoisotopic (exact) mass is 883 g/mol. The largest absolute Gasteiger partial charge is 0.455 e. The quantitative estimate of drug-likeness (QED) is 0.103. The lowest BCUT2D eigenvalue weighted by molar-refractivity contribution is -0.122. The van der Waals surface area contributed by atoms with E-state index < -0.39 is 41.3 Å². The Bertz CT molecular complexity index is 2560. The molecule has 14 heteroatoms. The van der Waals surface area contributed by atoms with Crippen molar-refractivity contribution in [2.45, 2.75) is 90.0 Å². The molecule has 3 aliphatic rings. The normalized spacial score (nSPS) is 16.4. The smallest absolute Gasteiger partial charge is 0.419 e. The Kier molecular flexibility index (Phi) is 12.9. The van der Waals surface area contributed by atoms with Crippen molar-refractivity contribution in [3.8, 4) is 11.1 Å².